The minimum atomic E-state index is -0.283. The fourth-order valence-electron chi connectivity index (χ4n) is 11.2. The summed E-state index contributed by atoms with van der Waals surface area (Å²) in [6.45, 7) is 0. The fourth-order valence-corrected chi connectivity index (χ4v) is 11.2. The highest BCUT2D eigenvalue weighted by Crippen LogP contribution is 2.43. The van der Waals surface area contributed by atoms with E-state index in [-0.39, 0.29) is 34.3 Å². The van der Waals surface area contributed by atoms with Crippen LogP contribution >= 0.6 is 0 Å². The van der Waals surface area contributed by atoms with Gasteiger partial charge in [-0.15, -0.1) is 0 Å². The third-order valence-electron chi connectivity index (χ3n) is 14.8. The van der Waals surface area contributed by atoms with E-state index >= 15 is 0 Å². The van der Waals surface area contributed by atoms with Gasteiger partial charge in [0.15, 0.2) is 23.1 Å². The van der Waals surface area contributed by atoms with E-state index in [0.717, 1.165) is 88.4 Å². The first kappa shape index (κ1) is 42.8. The molecule has 0 fully saturated rings. The van der Waals surface area contributed by atoms with Crippen molar-refractivity contribution < 1.29 is 19.2 Å². The van der Waals surface area contributed by atoms with Crippen LogP contribution in [0.15, 0.2) is 242 Å². The Hall–Kier alpha value is -10.0. The van der Waals surface area contributed by atoms with Gasteiger partial charge in [-0.25, -0.2) is 0 Å². The molecule has 14 rings (SSSR count). The number of fused-ring (bicyclic) bond motifs is 9. The maximum atomic E-state index is 14.2. The topological polar surface area (TPSA) is 76.5 Å². The average Bonchev–Trinajstić information content (AvgIpc) is 4.00. The summed E-state index contributed by atoms with van der Waals surface area (Å²) in [6, 6.07) is 77.0. The molecule has 0 bridgehead atoms. The Balaban J connectivity index is 0.774. The number of benzene rings is 11. The van der Waals surface area contributed by atoms with E-state index < -0.39 is 0 Å². The predicted molar refractivity (Wildman–Crippen MR) is 300 cm³/mol. The molecule has 0 saturated carbocycles. The van der Waals surface area contributed by atoms with Crippen molar-refractivity contribution in [1.29, 1.82) is 0 Å². The van der Waals surface area contributed by atoms with Crippen molar-refractivity contribution in [3.05, 3.63) is 275 Å². The molecular formula is C68H40N2O4. The van der Waals surface area contributed by atoms with Crippen molar-refractivity contribution in [3.8, 4) is 16.8 Å². The summed E-state index contributed by atoms with van der Waals surface area (Å²) in [6.07, 6.45) is 3.43. The molecule has 0 saturated heterocycles. The predicted octanol–water partition coefficient (Wildman–Crippen LogP) is 16.3. The monoisotopic (exact) mass is 948 g/mol. The van der Waals surface area contributed by atoms with E-state index in [0.29, 0.717) is 22.3 Å². The number of hydrogen-bond donors (Lipinski definition) is 0. The van der Waals surface area contributed by atoms with Crippen LogP contribution in [0, 0.1) is 0 Å². The number of nitrogens with zero attached hydrogens (tertiary/aromatic N) is 2. The van der Waals surface area contributed by atoms with Gasteiger partial charge in [0.05, 0.1) is 27.9 Å². The maximum Gasteiger partial charge on any atom is 0.197 e. The Morgan fingerprint density at radius 1 is 0.324 bits per heavy atom. The molecule has 6 nitrogen and oxygen atoms in total. The van der Waals surface area contributed by atoms with Crippen LogP contribution in [-0.2, 0) is 0 Å². The molecule has 2 aliphatic rings. The SMILES string of the molecule is O=C1C(=Cc2ccc3c(c2)c2ccccc2n3-c2cccc(-c3ccc4cc5c(cc4c3)C(=O)C(=Cc3ccc(N(c4ccccc4)c4cc6ccccc6c6ccccc46)cc3)C5=O)c2)C(=O)c2ccccc21. The summed E-state index contributed by atoms with van der Waals surface area (Å²) in [5.41, 5.74) is 11.5. The number of hydrogen-bond acceptors (Lipinski definition) is 5. The molecular weight excluding hydrogens is 909 g/mol. The summed E-state index contributed by atoms with van der Waals surface area (Å²) in [7, 11) is 0. The van der Waals surface area contributed by atoms with Gasteiger partial charge in [-0.2, -0.15) is 0 Å². The fraction of sp³-hybridized carbons (Fsp3) is 0. The first-order chi connectivity index (χ1) is 36.3. The third kappa shape index (κ3) is 6.80. The summed E-state index contributed by atoms with van der Waals surface area (Å²) in [5, 5.41) is 8.43. The number of carbonyl (C=O) groups excluding carboxylic acids is 4. The lowest BCUT2D eigenvalue weighted by Crippen LogP contribution is -2.10. The average molecular weight is 949 g/mol. The molecule has 0 spiro atoms. The van der Waals surface area contributed by atoms with Crippen molar-refractivity contribution in [1.82, 2.24) is 4.57 Å². The number of anilines is 3. The van der Waals surface area contributed by atoms with Crippen molar-refractivity contribution >= 4 is 106 Å². The summed E-state index contributed by atoms with van der Waals surface area (Å²) < 4.78 is 2.23. The van der Waals surface area contributed by atoms with E-state index in [2.05, 4.69) is 119 Å². The summed E-state index contributed by atoms with van der Waals surface area (Å²) >= 11 is 0. The van der Waals surface area contributed by atoms with Crippen LogP contribution < -0.4 is 4.90 Å². The molecule has 11 aromatic carbocycles. The molecule has 2 aliphatic carbocycles. The lowest BCUT2D eigenvalue weighted by molar-refractivity contribution is 0.0975. The van der Waals surface area contributed by atoms with Crippen LogP contribution in [0.2, 0.25) is 0 Å². The second kappa shape index (κ2) is 16.8. The molecule has 74 heavy (non-hydrogen) atoms. The maximum absolute atomic E-state index is 14.2. The smallest absolute Gasteiger partial charge is 0.197 e. The number of aromatic nitrogens is 1. The number of para-hydroxylation sites is 2. The van der Waals surface area contributed by atoms with Gasteiger partial charge in [0.25, 0.3) is 0 Å². The molecule has 346 valence electrons. The number of Topliss-reactive ketones (excluding diaryl/α,β-unsaturated/α-hetero) is 4. The summed E-state index contributed by atoms with van der Waals surface area (Å²) in [5.74, 6) is -1.06. The van der Waals surface area contributed by atoms with Gasteiger partial charge in [-0.1, -0.05) is 152 Å². The van der Waals surface area contributed by atoms with Gasteiger partial charge in [0.2, 0.25) is 0 Å². The van der Waals surface area contributed by atoms with E-state index in [1.165, 1.54) is 10.8 Å². The van der Waals surface area contributed by atoms with E-state index in [1.54, 1.807) is 36.4 Å². The second-order valence-electron chi connectivity index (χ2n) is 19.0. The standard InChI is InChI=1S/C68H40N2O4/c71-65-55-22-8-9-23-56(55)66(72)61(65)35-42-27-32-63-57(34-42)54-21-10-11-24-62(54)70(63)50-17-12-14-43(37-50)44-28-29-45-38-58-59(39-47(45)36-44)68(74)60(67(58)73)33-41-25-30-49(31-26-41)69(48-15-2-1-3-16-48)64-40-46-13-4-5-18-51(46)52-19-6-7-20-53(52)64/h1-40H. The highest BCUT2D eigenvalue weighted by atomic mass is 16.2. The largest absolute Gasteiger partial charge is 0.310 e. The van der Waals surface area contributed by atoms with Crippen LogP contribution in [0.4, 0.5) is 17.1 Å². The number of allylic oxidation sites excluding steroid dienone is 2. The van der Waals surface area contributed by atoms with Crippen LogP contribution in [-0.4, -0.2) is 27.7 Å². The van der Waals surface area contributed by atoms with Gasteiger partial charge in [-0.05, 0) is 140 Å². The normalized spacial score (nSPS) is 13.8. The zero-order valence-electron chi connectivity index (χ0n) is 39.6. The molecule has 0 aliphatic heterocycles. The van der Waals surface area contributed by atoms with Gasteiger partial charge in [0, 0.05) is 55.5 Å². The van der Waals surface area contributed by atoms with Gasteiger partial charge in [0.1, 0.15) is 0 Å². The zero-order chi connectivity index (χ0) is 49.6. The zero-order valence-corrected chi connectivity index (χ0v) is 39.6. The van der Waals surface area contributed by atoms with Crippen LogP contribution in [0.5, 0.6) is 0 Å². The second-order valence-corrected chi connectivity index (χ2v) is 19.0. The number of carbonyl (C=O) groups is 4. The minimum absolute atomic E-state index is 0.150. The van der Waals surface area contributed by atoms with E-state index in [1.807, 2.05) is 97.1 Å². The van der Waals surface area contributed by atoms with Crippen molar-refractivity contribution in [2.45, 2.75) is 0 Å². The van der Waals surface area contributed by atoms with Gasteiger partial charge >= 0.3 is 0 Å². The molecule has 1 aromatic heterocycles. The lowest BCUT2D eigenvalue weighted by atomic mass is 9.97. The molecule has 0 unspecified atom stereocenters. The Bertz CT molecular complexity index is 4460. The van der Waals surface area contributed by atoms with Crippen molar-refractivity contribution in [3.63, 3.8) is 0 Å². The van der Waals surface area contributed by atoms with Crippen molar-refractivity contribution in [2.24, 2.45) is 0 Å². The van der Waals surface area contributed by atoms with E-state index in [9.17, 15) is 19.2 Å². The molecule has 0 amide bonds. The van der Waals surface area contributed by atoms with Gasteiger partial charge < -0.3 is 9.47 Å². The van der Waals surface area contributed by atoms with Crippen LogP contribution in [0.1, 0.15) is 52.6 Å². The van der Waals surface area contributed by atoms with E-state index in [4.69, 9.17) is 0 Å². The Morgan fingerprint density at radius 2 is 0.892 bits per heavy atom. The minimum Gasteiger partial charge on any atom is -0.310 e. The Morgan fingerprint density at radius 3 is 1.65 bits per heavy atom. The summed E-state index contributed by atoms with van der Waals surface area (Å²) in [4.78, 5) is 57.1. The molecule has 0 atom stereocenters. The molecule has 1 heterocycles. The van der Waals surface area contributed by atoms with Crippen molar-refractivity contribution in [2.75, 3.05) is 4.90 Å². The highest BCUT2D eigenvalue weighted by molar-refractivity contribution is 6.42. The van der Waals surface area contributed by atoms with Crippen LogP contribution in [0.25, 0.3) is 83.1 Å². The quantitative estimate of drug-likeness (QED) is 0.0904. The first-order valence-electron chi connectivity index (χ1n) is 24.6. The third-order valence-corrected chi connectivity index (χ3v) is 14.8. The molecule has 0 radical (unpaired) electrons. The lowest BCUT2D eigenvalue weighted by Gasteiger charge is -2.27. The first-order valence-corrected chi connectivity index (χ1v) is 24.6. The Kier molecular flexibility index (Phi) is 9.72. The number of rotatable bonds is 7. The highest BCUT2D eigenvalue weighted by Gasteiger charge is 2.34. The molecule has 0 N–H and O–H groups in total. The molecule has 6 heteroatoms. The Labute approximate surface area is 425 Å². The number of ketones is 4. The van der Waals surface area contributed by atoms with Gasteiger partial charge in [-0.3, -0.25) is 19.2 Å². The molecule has 12 aromatic rings. The van der Waals surface area contributed by atoms with Crippen LogP contribution in [0.3, 0.4) is 0 Å².